The number of pyridine rings is 1. The predicted octanol–water partition coefficient (Wildman–Crippen LogP) is 3.28. The Labute approximate surface area is 185 Å². The van der Waals surface area contributed by atoms with Crippen molar-refractivity contribution in [1.82, 2.24) is 14.2 Å². The summed E-state index contributed by atoms with van der Waals surface area (Å²) in [6.45, 7) is 8.65. The fraction of sp³-hybridized carbons (Fsp3) is 0.696. The molecular formula is C23H34FN3O3S. The first kappa shape index (κ1) is 22.7. The quantitative estimate of drug-likeness (QED) is 0.688. The molecule has 4 heterocycles. The first-order valence-electron chi connectivity index (χ1n) is 11.2. The van der Waals surface area contributed by atoms with Gasteiger partial charge in [0.2, 0.25) is 10.0 Å². The van der Waals surface area contributed by atoms with Crippen LogP contribution in [-0.4, -0.2) is 72.9 Å². The van der Waals surface area contributed by atoms with Gasteiger partial charge in [0, 0.05) is 37.5 Å². The number of sulfonamides is 1. The second-order valence-electron chi connectivity index (χ2n) is 10.1. The van der Waals surface area contributed by atoms with Crippen LogP contribution in [0.25, 0.3) is 5.57 Å². The first-order chi connectivity index (χ1) is 14.4. The van der Waals surface area contributed by atoms with Crippen molar-refractivity contribution in [2.24, 2.45) is 5.92 Å². The summed E-state index contributed by atoms with van der Waals surface area (Å²) in [7, 11) is -3.16. The molecule has 8 heteroatoms. The van der Waals surface area contributed by atoms with Crippen LogP contribution in [0, 0.1) is 5.92 Å². The van der Waals surface area contributed by atoms with Crippen molar-refractivity contribution in [3.63, 3.8) is 0 Å². The smallest absolute Gasteiger partial charge is 0.211 e. The lowest BCUT2D eigenvalue weighted by Crippen LogP contribution is -2.48. The summed E-state index contributed by atoms with van der Waals surface area (Å²) in [6, 6.07) is 2.11. The van der Waals surface area contributed by atoms with Gasteiger partial charge in [-0.1, -0.05) is 6.08 Å². The van der Waals surface area contributed by atoms with Gasteiger partial charge in [-0.25, -0.2) is 12.8 Å². The van der Waals surface area contributed by atoms with Crippen molar-refractivity contribution >= 4 is 15.6 Å². The maximum absolute atomic E-state index is 14.0. The van der Waals surface area contributed by atoms with Gasteiger partial charge >= 0.3 is 0 Å². The molecule has 31 heavy (non-hydrogen) atoms. The van der Waals surface area contributed by atoms with Gasteiger partial charge in [0.1, 0.15) is 17.0 Å². The zero-order valence-corrected chi connectivity index (χ0v) is 19.8. The summed E-state index contributed by atoms with van der Waals surface area (Å²) in [5.41, 5.74) is 1.77. The Bertz CT molecular complexity index is 965. The van der Waals surface area contributed by atoms with Gasteiger partial charge in [-0.3, -0.25) is 4.98 Å². The molecule has 3 aliphatic rings. The number of nitrogens with zero attached hydrogens (tertiary/aromatic N) is 3. The van der Waals surface area contributed by atoms with E-state index in [1.165, 1.54) is 16.1 Å². The highest BCUT2D eigenvalue weighted by Gasteiger charge is 2.43. The number of fused-ring (bicyclic) bond motifs is 1. The van der Waals surface area contributed by atoms with Gasteiger partial charge < -0.3 is 9.64 Å². The van der Waals surface area contributed by atoms with Gasteiger partial charge in [-0.05, 0) is 64.8 Å². The third-order valence-electron chi connectivity index (χ3n) is 6.85. The van der Waals surface area contributed by atoms with Gasteiger partial charge in [-0.2, -0.15) is 4.31 Å². The normalized spacial score (nSPS) is 26.4. The van der Waals surface area contributed by atoms with E-state index < -0.39 is 15.7 Å². The molecule has 0 bridgehead atoms. The molecular weight excluding hydrogens is 417 g/mol. The summed E-state index contributed by atoms with van der Waals surface area (Å²) in [4.78, 5) is 6.83. The topological polar surface area (TPSA) is 62.7 Å². The number of piperidine rings is 1. The van der Waals surface area contributed by atoms with Crippen LogP contribution in [-0.2, 0) is 16.4 Å². The Morgan fingerprint density at radius 2 is 2.00 bits per heavy atom. The van der Waals surface area contributed by atoms with Crippen LogP contribution in [0.2, 0.25) is 0 Å². The summed E-state index contributed by atoms with van der Waals surface area (Å²) >= 11 is 0. The van der Waals surface area contributed by atoms with Crippen LogP contribution < -0.4 is 4.74 Å². The van der Waals surface area contributed by atoms with Crippen molar-refractivity contribution in [1.29, 1.82) is 0 Å². The van der Waals surface area contributed by atoms with Gasteiger partial charge in [0.05, 0.1) is 18.1 Å². The molecule has 0 spiro atoms. The molecule has 172 valence electrons. The van der Waals surface area contributed by atoms with Crippen LogP contribution in [0.15, 0.2) is 18.3 Å². The van der Waals surface area contributed by atoms with E-state index in [4.69, 9.17) is 4.74 Å². The number of rotatable bonds is 5. The fourth-order valence-corrected chi connectivity index (χ4v) is 5.97. The van der Waals surface area contributed by atoms with E-state index in [0.29, 0.717) is 32.0 Å². The van der Waals surface area contributed by atoms with Crippen LogP contribution in [0.5, 0.6) is 5.75 Å². The molecule has 0 N–H and O–H groups in total. The molecule has 3 aliphatic heterocycles. The minimum absolute atomic E-state index is 0.256. The number of likely N-dealkylation sites (tertiary alicyclic amines) is 1. The van der Waals surface area contributed by atoms with E-state index in [-0.39, 0.29) is 5.60 Å². The highest BCUT2D eigenvalue weighted by atomic mass is 32.2. The lowest BCUT2D eigenvalue weighted by atomic mass is 9.79. The van der Waals surface area contributed by atoms with Crippen molar-refractivity contribution in [2.45, 2.75) is 57.7 Å². The Morgan fingerprint density at radius 3 is 2.58 bits per heavy atom. The average Bonchev–Trinajstić information content (AvgIpc) is 3.03. The summed E-state index contributed by atoms with van der Waals surface area (Å²) in [6.07, 6.45) is 8.57. The number of aromatic nitrogens is 1. The molecule has 4 rings (SSSR count). The lowest BCUT2D eigenvalue weighted by molar-refractivity contribution is 0.00235. The van der Waals surface area contributed by atoms with Gasteiger partial charge in [0.25, 0.3) is 0 Å². The van der Waals surface area contributed by atoms with Crippen LogP contribution in [0.1, 0.15) is 51.3 Å². The molecule has 1 aromatic heterocycles. The zero-order valence-electron chi connectivity index (χ0n) is 19.0. The van der Waals surface area contributed by atoms with Crippen LogP contribution in [0.3, 0.4) is 0 Å². The molecule has 0 aromatic carbocycles. The standard InChI is InChI=1S/C23H34FN3O3S/c1-22(2,24)16-26-9-7-19(8-10-26)23(3)14-18-13-20(25-15-21(18)30-23)17-5-11-27(12-6-17)31(4,28)29/h5,13,15,19H,6-12,14,16H2,1-4H3/t23-/m0/s1. The van der Waals surface area contributed by atoms with E-state index in [9.17, 15) is 12.8 Å². The summed E-state index contributed by atoms with van der Waals surface area (Å²) in [5, 5.41) is 0. The van der Waals surface area contributed by atoms with Gasteiger partial charge in [-0.15, -0.1) is 0 Å². The Hall–Kier alpha value is -1.51. The average molecular weight is 452 g/mol. The lowest BCUT2D eigenvalue weighted by Gasteiger charge is -2.41. The molecule has 6 nitrogen and oxygen atoms in total. The van der Waals surface area contributed by atoms with Crippen LogP contribution in [0.4, 0.5) is 4.39 Å². The minimum Gasteiger partial charge on any atom is -0.485 e. The van der Waals surface area contributed by atoms with Crippen molar-refractivity contribution in [2.75, 3.05) is 39.0 Å². The molecule has 0 saturated carbocycles. The zero-order chi connectivity index (χ0) is 22.4. The second kappa shape index (κ2) is 8.12. The van der Waals surface area contributed by atoms with E-state index in [1.54, 1.807) is 13.8 Å². The molecule has 0 amide bonds. The van der Waals surface area contributed by atoms with E-state index in [2.05, 4.69) is 22.9 Å². The maximum Gasteiger partial charge on any atom is 0.211 e. The number of ether oxygens (including phenoxy) is 1. The molecule has 1 fully saturated rings. The van der Waals surface area contributed by atoms with Gasteiger partial charge in [0.15, 0.2) is 0 Å². The fourth-order valence-electron chi connectivity index (χ4n) is 5.20. The van der Waals surface area contributed by atoms with E-state index in [0.717, 1.165) is 49.4 Å². The molecule has 0 unspecified atom stereocenters. The maximum atomic E-state index is 14.0. The molecule has 1 aromatic rings. The van der Waals surface area contributed by atoms with Crippen molar-refractivity contribution < 1.29 is 17.5 Å². The largest absolute Gasteiger partial charge is 0.485 e. The SMILES string of the molecule is CC(C)(F)CN1CCC([C@]2(C)Cc3cc(C4=CCN(S(C)(=O)=O)CC4)ncc3O2)CC1. The van der Waals surface area contributed by atoms with E-state index >= 15 is 0 Å². The Balaban J connectivity index is 1.41. The predicted molar refractivity (Wildman–Crippen MR) is 120 cm³/mol. The molecule has 1 saturated heterocycles. The second-order valence-corrected chi connectivity index (χ2v) is 12.1. The molecule has 0 aliphatic carbocycles. The van der Waals surface area contributed by atoms with Crippen molar-refractivity contribution in [3.05, 3.63) is 29.6 Å². The number of halogens is 1. The number of hydrogen-bond acceptors (Lipinski definition) is 5. The Kier molecular flexibility index (Phi) is 5.94. The third kappa shape index (κ3) is 5.12. The molecule has 0 radical (unpaired) electrons. The summed E-state index contributed by atoms with van der Waals surface area (Å²) < 4.78 is 45.4. The monoisotopic (exact) mass is 451 g/mol. The van der Waals surface area contributed by atoms with Crippen LogP contribution >= 0.6 is 0 Å². The first-order valence-corrected chi connectivity index (χ1v) is 13.0. The highest BCUT2D eigenvalue weighted by Crippen LogP contribution is 2.43. The number of hydrogen-bond donors (Lipinski definition) is 0. The summed E-state index contributed by atoms with van der Waals surface area (Å²) in [5.74, 6) is 1.28. The Morgan fingerprint density at radius 1 is 1.29 bits per heavy atom. The molecule has 1 atom stereocenters. The van der Waals surface area contributed by atoms with Crippen molar-refractivity contribution in [3.8, 4) is 5.75 Å². The third-order valence-corrected chi connectivity index (χ3v) is 8.12. The minimum atomic E-state index is -3.16. The number of alkyl halides is 1. The van der Waals surface area contributed by atoms with E-state index in [1.807, 2.05) is 12.3 Å². The highest BCUT2D eigenvalue weighted by molar-refractivity contribution is 7.88.